The Balaban J connectivity index is 1.57. The molecule has 0 radical (unpaired) electrons. The molecule has 100 valence electrons. The van der Waals surface area contributed by atoms with E-state index in [0.717, 1.165) is 25.2 Å². The molecule has 2 unspecified atom stereocenters. The van der Waals surface area contributed by atoms with Crippen LogP contribution in [0.4, 0.5) is 0 Å². The zero-order chi connectivity index (χ0) is 11.9. The molecule has 2 fully saturated rings. The summed E-state index contributed by atoms with van der Waals surface area (Å²) < 4.78 is 5.54. The molecule has 3 nitrogen and oxygen atoms in total. The second-order valence-corrected chi connectivity index (χ2v) is 5.78. The van der Waals surface area contributed by atoms with Crippen molar-refractivity contribution in [2.24, 2.45) is 5.92 Å². The molecule has 2 saturated heterocycles. The van der Waals surface area contributed by atoms with Crippen LogP contribution in [-0.4, -0.2) is 50.8 Å². The molecule has 0 aliphatic carbocycles. The Hall–Kier alpha value is -0.120. The maximum absolute atomic E-state index is 5.54. The van der Waals surface area contributed by atoms with Crippen molar-refractivity contribution in [3.8, 4) is 0 Å². The smallest absolute Gasteiger partial charge is 0.0506 e. The van der Waals surface area contributed by atoms with Crippen LogP contribution in [0.2, 0.25) is 0 Å². The molecule has 3 heteroatoms. The van der Waals surface area contributed by atoms with Gasteiger partial charge < -0.3 is 15.0 Å². The van der Waals surface area contributed by atoms with Crippen LogP contribution in [0.3, 0.4) is 0 Å². The molecule has 0 spiro atoms. The van der Waals surface area contributed by atoms with Gasteiger partial charge in [-0.05, 0) is 58.2 Å². The highest BCUT2D eigenvalue weighted by Gasteiger charge is 2.17. The van der Waals surface area contributed by atoms with Crippen LogP contribution < -0.4 is 5.32 Å². The summed E-state index contributed by atoms with van der Waals surface area (Å²) in [5.74, 6) is 0.771. The van der Waals surface area contributed by atoms with Crippen molar-refractivity contribution in [1.29, 1.82) is 0 Å². The van der Waals surface area contributed by atoms with E-state index >= 15 is 0 Å². The van der Waals surface area contributed by atoms with Crippen molar-refractivity contribution in [3.63, 3.8) is 0 Å². The molecule has 17 heavy (non-hydrogen) atoms. The Bertz CT molecular complexity index is 198. The molecular weight excluding hydrogens is 212 g/mol. The van der Waals surface area contributed by atoms with E-state index in [2.05, 4.69) is 17.3 Å². The highest BCUT2D eigenvalue weighted by molar-refractivity contribution is 4.74. The number of hydrogen-bond donors (Lipinski definition) is 1. The Morgan fingerprint density at radius 2 is 2.18 bits per heavy atom. The first kappa shape index (κ1) is 13.3. The third kappa shape index (κ3) is 4.94. The fraction of sp³-hybridized carbons (Fsp3) is 1.00. The fourth-order valence-electron chi connectivity index (χ4n) is 3.03. The van der Waals surface area contributed by atoms with Gasteiger partial charge in [0, 0.05) is 19.2 Å². The maximum atomic E-state index is 5.54. The molecule has 2 heterocycles. The zero-order valence-electron chi connectivity index (χ0n) is 11.3. The van der Waals surface area contributed by atoms with Crippen LogP contribution >= 0.6 is 0 Å². The first-order valence-corrected chi connectivity index (χ1v) is 7.34. The first-order valence-electron chi connectivity index (χ1n) is 7.34. The largest absolute Gasteiger partial charge is 0.381 e. The van der Waals surface area contributed by atoms with Crippen molar-refractivity contribution in [2.45, 2.75) is 44.6 Å². The number of nitrogens with one attached hydrogen (secondary N) is 1. The third-order valence-electron chi connectivity index (χ3n) is 4.10. The average molecular weight is 240 g/mol. The average Bonchev–Trinajstić information content (AvgIpc) is 2.39. The molecule has 0 bridgehead atoms. The van der Waals surface area contributed by atoms with E-state index < -0.39 is 0 Å². The Morgan fingerprint density at radius 1 is 1.24 bits per heavy atom. The van der Waals surface area contributed by atoms with Gasteiger partial charge in [0.25, 0.3) is 0 Å². The molecule has 0 saturated carbocycles. The lowest BCUT2D eigenvalue weighted by atomic mass is 10.00. The highest BCUT2D eigenvalue weighted by Crippen LogP contribution is 2.15. The van der Waals surface area contributed by atoms with Gasteiger partial charge in [-0.1, -0.05) is 6.42 Å². The van der Waals surface area contributed by atoms with Gasteiger partial charge in [-0.15, -0.1) is 0 Å². The van der Waals surface area contributed by atoms with Crippen molar-refractivity contribution in [3.05, 3.63) is 0 Å². The summed E-state index contributed by atoms with van der Waals surface area (Å²) in [4.78, 5) is 2.50. The predicted molar refractivity (Wildman–Crippen MR) is 71.3 cm³/mol. The van der Waals surface area contributed by atoms with E-state index in [1.165, 1.54) is 58.2 Å². The Labute approximate surface area is 106 Å². The SMILES string of the molecule is CN(CCC1CCCCN1)CC1CCCOC1. The Morgan fingerprint density at radius 3 is 2.88 bits per heavy atom. The van der Waals surface area contributed by atoms with Gasteiger partial charge in [-0.3, -0.25) is 0 Å². The van der Waals surface area contributed by atoms with Crippen LogP contribution in [0.15, 0.2) is 0 Å². The molecule has 0 aromatic heterocycles. The minimum Gasteiger partial charge on any atom is -0.381 e. The minimum atomic E-state index is 0.771. The predicted octanol–water partition coefficient (Wildman–Crippen LogP) is 1.88. The third-order valence-corrected chi connectivity index (χ3v) is 4.10. The standard InChI is InChI=1S/C14H28N2O/c1-16(11-13-5-4-10-17-12-13)9-7-14-6-2-3-8-15-14/h13-15H,2-12H2,1H3. The summed E-state index contributed by atoms with van der Waals surface area (Å²) in [6.45, 7) is 5.63. The molecule has 0 aromatic carbocycles. The lowest BCUT2D eigenvalue weighted by Crippen LogP contribution is -2.38. The highest BCUT2D eigenvalue weighted by atomic mass is 16.5. The van der Waals surface area contributed by atoms with Crippen LogP contribution in [0, 0.1) is 5.92 Å². The first-order chi connectivity index (χ1) is 8.34. The van der Waals surface area contributed by atoms with Gasteiger partial charge in [0.15, 0.2) is 0 Å². The quantitative estimate of drug-likeness (QED) is 0.794. The number of nitrogens with zero attached hydrogens (tertiary/aromatic N) is 1. The molecule has 2 aliphatic heterocycles. The van der Waals surface area contributed by atoms with E-state index in [4.69, 9.17) is 4.74 Å². The van der Waals surface area contributed by atoms with E-state index in [0.29, 0.717) is 0 Å². The summed E-state index contributed by atoms with van der Waals surface area (Å²) in [6.07, 6.45) is 8.07. The van der Waals surface area contributed by atoms with Gasteiger partial charge in [-0.2, -0.15) is 0 Å². The van der Waals surface area contributed by atoms with Gasteiger partial charge >= 0.3 is 0 Å². The van der Waals surface area contributed by atoms with Crippen LogP contribution in [0.1, 0.15) is 38.5 Å². The van der Waals surface area contributed by atoms with E-state index in [9.17, 15) is 0 Å². The van der Waals surface area contributed by atoms with E-state index in [-0.39, 0.29) is 0 Å². The van der Waals surface area contributed by atoms with Gasteiger partial charge in [0.05, 0.1) is 6.61 Å². The van der Waals surface area contributed by atoms with Crippen molar-refractivity contribution < 1.29 is 4.74 Å². The minimum absolute atomic E-state index is 0.771. The lowest BCUT2D eigenvalue weighted by molar-refractivity contribution is 0.0415. The summed E-state index contributed by atoms with van der Waals surface area (Å²) in [7, 11) is 2.26. The number of piperidine rings is 1. The van der Waals surface area contributed by atoms with Crippen molar-refractivity contribution in [1.82, 2.24) is 10.2 Å². The second-order valence-electron chi connectivity index (χ2n) is 5.78. The lowest BCUT2D eigenvalue weighted by Gasteiger charge is -2.29. The summed E-state index contributed by atoms with van der Waals surface area (Å²) in [6, 6.07) is 0.772. The Kier molecular flexibility index (Phi) is 5.75. The summed E-state index contributed by atoms with van der Waals surface area (Å²) >= 11 is 0. The van der Waals surface area contributed by atoms with Crippen molar-refractivity contribution in [2.75, 3.05) is 39.9 Å². The van der Waals surface area contributed by atoms with Crippen LogP contribution in [0.5, 0.6) is 0 Å². The molecule has 2 rings (SSSR count). The molecule has 2 atom stereocenters. The zero-order valence-corrected chi connectivity index (χ0v) is 11.3. The monoisotopic (exact) mass is 240 g/mol. The second kappa shape index (κ2) is 7.34. The van der Waals surface area contributed by atoms with Crippen LogP contribution in [-0.2, 0) is 4.74 Å². The molecule has 1 N–H and O–H groups in total. The molecule has 0 aromatic rings. The fourth-order valence-corrected chi connectivity index (χ4v) is 3.03. The summed E-state index contributed by atoms with van der Waals surface area (Å²) in [5, 5.41) is 3.63. The van der Waals surface area contributed by atoms with Crippen molar-refractivity contribution >= 4 is 0 Å². The van der Waals surface area contributed by atoms with E-state index in [1.54, 1.807) is 0 Å². The van der Waals surface area contributed by atoms with Gasteiger partial charge in [0.2, 0.25) is 0 Å². The maximum Gasteiger partial charge on any atom is 0.0506 e. The molecule has 2 aliphatic rings. The number of ether oxygens (including phenoxy) is 1. The van der Waals surface area contributed by atoms with E-state index in [1.807, 2.05) is 0 Å². The number of rotatable bonds is 5. The van der Waals surface area contributed by atoms with Crippen LogP contribution in [0.25, 0.3) is 0 Å². The van der Waals surface area contributed by atoms with Gasteiger partial charge in [-0.25, -0.2) is 0 Å². The summed E-state index contributed by atoms with van der Waals surface area (Å²) in [5.41, 5.74) is 0. The number of hydrogen-bond acceptors (Lipinski definition) is 3. The topological polar surface area (TPSA) is 24.5 Å². The molecule has 0 amide bonds. The molecular formula is C14H28N2O. The normalized spacial score (nSPS) is 30.7. The van der Waals surface area contributed by atoms with Gasteiger partial charge in [0.1, 0.15) is 0 Å².